The molecule has 1 aliphatic rings. The molecule has 0 aliphatic heterocycles. The molecule has 0 unspecified atom stereocenters. The van der Waals surface area contributed by atoms with Gasteiger partial charge in [-0.2, -0.15) is 0 Å². The average Bonchev–Trinajstić information content (AvgIpc) is 3.01. The minimum atomic E-state index is 0.481. The molecule has 2 nitrogen and oxygen atoms in total. The minimum Gasteiger partial charge on any atom is -0.490 e. The lowest BCUT2D eigenvalue weighted by Gasteiger charge is -2.09. The fourth-order valence-corrected chi connectivity index (χ4v) is 1.48. The first-order valence-corrected chi connectivity index (χ1v) is 5.35. The quantitative estimate of drug-likeness (QED) is 0.773. The second kappa shape index (κ2) is 4.47. The van der Waals surface area contributed by atoms with E-state index < -0.39 is 0 Å². The summed E-state index contributed by atoms with van der Waals surface area (Å²) < 4.78 is 5.81. The van der Waals surface area contributed by atoms with E-state index in [0.717, 1.165) is 25.1 Å². The van der Waals surface area contributed by atoms with Gasteiger partial charge in [0, 0.05) is 0 Å². The third kappa shape index (κ3) is 2.48. The highest BCUT2D eigenvalue weighted by molar-refractivity contribution is 5.33. The zero-order valence-electron chi connectivity index (χ0n) is 8.41. The maximum absolute atomic E-state index is 5.81. The Labute approximate surface area is 85.1 Å². The lowest BCUT2D eigenvalue weighted by molar-refractivity contribution is 0.300. The van der Waals surface area contributed by atoms with Crippen molar-refractivity contribution >= 4 is 0 Å². The number of hydrogen-bond donors (Lipinski definition) is 1. The fraction of sp³-hybridized carbons (Fsp3) is 0.500. The molecule has 1 aliphatic carbocycles. The van der Waals surface area contributed by atoms with Crippen molar-refractivity contribution in [1.82, 2.24) is 0 Å². The molecular formula is C12H17NO. The maximum atomic E-state index is 5.81. The number of nitrogens with two attached hydrogens (primary N) is 1. The molecule has 0 radical (unpaired) electrons. The van der Waals surface area contributed by atoms with Crippen LogP contribution >= 0.6 is 0 Å². The van der Waals surface area contributed by atoms with Crippen LogP contribution in [0.25, 0.3) is 0 Å². The molecule has 2 N–H and O–H groups in total. The molecule has 1 aromatic rings. The SMILES string of the molecule is NCCCc1ccccc1OC1CC1. The predicted octanol–water partition coefficient (Wildman–Crippen LogP) is 2.12. The zero-order valence-corrected chi connectivity index (χ0v) is 8.41. The van der Waals surface area contributed by atoms with E-state index in [0.29, 0.717) is 6.10 Å². The number of aryl methyl sites for hydroxylation is 1. The highest BCUT2D eigenvalue weighted by Crippen LogP contribution is 2.29. The van der Waals surface area contributed by atoms with Gasteiger partial charge in [0.1, 0.15) is 5.75 Å². The van der Waals surface area contributed by atoms with Gasteiger partial charge in [0.05, 0.1) is 6.10 Å². The molecule has 0 saturated heterocycles. The van der Waals surface area contributed by atoms with Gasteiger partial charge >= 0.3 is 0 Å². The first kappa shape index (κ1) is 9.53. The molecule has 0 amide bonds. The van der Waals surface area contributed by atoms with Crippen LogP contribution in [0.1, 0.15) is 24.8 Å². The van der Waals surface area contributed by atoms with Gasteiger partial charge in [0.2, 0.25) is 0 Å². The van der Waals surface area contributed by atoms with Crippen molar-refractivity contribution in [2.45, 2.75) is 31.8 Å². The molecule has 76 valence electrons. The van der Waals surface area contributed by atoms with Crippen LogP contribution in [0.3, 0.4) is 0 Å². The summed E-state index contributed by atoms with van der Waals surface area (Å²) in [6.45, 7) is 0.748. The van der Waals surface area contributed by atoms with Crippen LogP contribution in [-0.2, 0) is 6.42 Å². The van der Waals surface area contributed by atoms with Crippen molar-refractivity contribution in [2.24, 2.45) is 5.73 Å². The van der Waals surface area contributed by atoms with E-state index in [1.807, 2.05) is 6.07 Å². The van der Waals surface area contributed by atoms with Crippen LogP contribution in [0.2, 0.25) is 0 Å². The topological polar surface area (TPSA) is 35.2 Å². The van der Waals surface area contributed by atoms with Gasteiger partial charge in [0.25, 0.3) is 0 Å². The number of benzene rings is 1. The van der Waals surface area contributed by atoms with Gasteiger partial charge in [-0.05, 0) is 43.9 Å². The molecule has 2 rings (SSSR count). The van der Waals surface area contributed by atoms with E-state index in [-0.39, 0.29) is 0 Å². The number of hydrogen-bond acceptors (Lipinski definition) is 2. The van der Waals surface area contributed by atoms with E-state index in [1.165, 1.54) is 18.4 Å². The van der Waals surface area contributed by atoms with Gasteiger partial charge in [-0.1, -0.05) is 18.2 Å². The molecule has 0 spiro atoms. The van der Waals surface area contributed by atoms with E-state index in [9.17, 15) is 0 Å². The van der Waals surface area contributed by atoms with Crippen LogP contribution in [0.5, 0.6) is 5.75 Å². The van der Waals surface area contributed by atoms with Crippen LogP contribution in [-0.4, -0.2) is 12.6 Å². The molecule has 14 heavy (non-hydrogen) atoms. The highest BCUT2D eigenvalue weighted by atomic mass is 16.5. The minimum absolute atomic E-state index is 0.481. The summed E-state index contributed by atoms with van der Waals surface area (Å²) in [4.78, 5) is 0. The molecule has 1 aromatic carbocycles. The Balaban J connectivity index is 2.02. The van der Waals surface area contributed by atoms with Gasteiger partial charge in [-0.15, -0.1) is 0 Å². The Morgan fingerprint density at radius 3 is 2.79 bits per heavy atom. The fourth-order valence-electron chi connectivity index (χ4n) is 1.48. The van der Waals surface area contributed by atoms with E-state index in [1.54, 1.807) is 0 Å². The Morgan fingerprint density at radius 2 is 2.07 bits per heavy atom. The van der Waals surface area contributed by atoms with Crippen LogP contribution in [0.4, 0.5) is 0 Å². The lowest BCUT2D eigenvalue weighted by atomic mass is 10.1. The Hall–Kier alpha value is -1.02. The maximum Gasteiger partial charge on any atom is 0.122 e. The van der Waals surface area contributed by atoms with Crippen molar-refractivity contribution in [3.8, 4) is 5.75 Å². The third-order valence-corrected chi connectivity index (χ3v) is 2.44. The summed E-state index contributed by atoms with van der Waals surface area (Å²) in [7, 11) is 0. The summed E-state index contributed by atoms with van der Waals surface area (Å²) in [5.41, 5.74) is 6.80. The molecule has 0 aromatic heterocycles. The van der Waals surface area contributed by atoms with Crippen molar-refractivity contribution in [3.63, 3.8) is 0 Å². The molecule has 1 saturated carbocycles. The van der Waals surface area contributed by atoms with Crippen molar-refractivity contribution in [3.05, 3.63) is 29.8 Å². The molecule has 0 heterocycles. The molecule has 2 heteroatoms. The molecule has 0 atom stereocenters. The predicted molar refractivity (Wildman–Crippen MR) is 57.5 cm³/mol. The lowest BCUT2D eigenvalue weighted by Crippen LogP contribution is -2.03. The third-order valence-electron chi connectivity index (χ3n) is 2.44. The van der Waals surface area contributed by atoms with Crippen molar-refractivity contribution < 1.29 is 4.74 Å². The number of ether oxygens (including phenoxy) is 1. The summed E-state index contributed by atoms with van der Waals surface area (Å²) >= 11 is 0. The normalized spacial score (nSPS) is 15.5. The Kier molecular flexibility index (Phi) is 3.04. The van der Waals surface area contributed by atoms with Gasteiger partial charge in [0.15, 0.2) is 0 Å². The summed E-state index contributed by atoms with van der Waals surface area (Å²) in [6.07, 6.45) is 4.97. The largest absolute Gasteiger partial charge is 0.490 e. The molecular weight excluding hydrogens is 174 g/mol. The van der Waals surface area contributed by atoms with Crippen LogP contribution in [0, 0.1) is 0 Å². The van der Waals surface area contributed by atoms with Crippen molar-refractivity contribution in [1.29, 1.82) is 0 Å². The first-order valence-electron chi connectivity index (χ1n) is 5.35. The zero-order chi connectivity index (χ0) is 9.80. The van der Waals surface area contributed by atoms with Gasteiger partial charge in [-0.3, -0.25) is 0 Å². The standard InChI is InChI=1S/C12H17NO/c13-9-3-5-10-4-1-2-6-12(10)14-11-7-8-11/h1-2,4,6,11H,3,5,7-9,13H2. The summed E-state index contributed by atoms with van der Waals surface area (Å²) in [5, 5.41) is 0. The summed E-state index contributed by atoms with van der Waals surface area (Å²) in [6, 6.07) is 8.28. The smallest absolute Gasteiger partial charge is 0.122 e. The van der Waals surface area contributed by atoms with Gasteiger partial charge in [-0.25, -0.2) is 0 Å². The monoisotopic (exact) mass is 191 g/mol. The van der Waals surface area contributed by atoms with E-state index in [2.05, 4.69) is 18.2 Å². The Bertz CT molecular complexity index is 294. The second-order valence-electron chi connectivity index (χ2n) is 3.82. The number of para-hydroxylation sites is 1. The van der Waals surface area contributed by atoms with Crippen molar-refractivity contribution in [2.75, 3.05) is 6.54 Å². The van der Waals surface area contributed by atoms with Crippen LogP contribution in [0.15, 0.2) is 24.3 Å². The Morgan fingerprint density at radius 1 is 1.29 bits per heavy atom. The summed E-state index contributed by atoms with van der Waals surface area (Å²) in [5.74, 6) is 1.06. The average molecular weight is 191 g/mol. The molecule has 0 bridgehead atoms. The second-order valence-corrected chi connectivity index (χ2v) is 3.82. The first-order chi connectivity index (χ1) is 6.90. The van der Waals surface area contributed by atoms with E-state index >= 15 is 0 Å². The van der Waals surface area contributed by atoms with Crippen LogP contribution < -0.4 is 10.5 Å². The molecule has 1 fully saturated rings. The number of rotatable bonds is 5. The van der Waals surface area contributed by atoms with E-state index in [4.69, 9.17) is 10.5 Å². The van der Waals surface area contributed by atoms with Gasteiger partial charge < -0.3 is 10.5 Å². The highest BCUT2D eigenvalue weighted by Gasteiger charge is 2.24.